The first-order valence-corrected chi connectivity index (χ1v) is 8.15. The molecule has 25 heavy (non-hydrogen) atoms. The molecule has 7 heteroatoms. The SMILES string of the molecule is CN(Cc1cn(C)c2ccccc12)Cc1nnc2c(=O)n(C)ccn12. The summed E-state index contributed by atoms with van der Waals surface area (Å²) in [6, 6.07) is 8.39. The second-order valence-corrected chi connectivity index (χ2v) is 6.48. The summed E-state index contributed by atoms with van der Waals surface area (Å²) in [6.07, 6.45) is 5.73. The molecule has 7 nitrogen and oxygen atoms in total. The Bertz CT molecular complexity index is 1120. The molecule has 0 saturated heterocycles. The minimum absolute atomic E-state index is 0.141. The fourth-order valence-electron chi connectivity index (χ4n) is 3.27. The van der Waals surface area contributed by atoms with Crippen molar-refractivity contribution in [3.8, 4) is 0 Å². The van der Waals surface area contributed by atoms with Gasteiger partial charge in [-0.3, -0.25) is 14.1 Å². The summed E-state index contributed by atoms with van der Waals surface area (Å²) in [6.45, 7) is 1.40. The molecule has 0 spiro atoms. The summed E-state index contributed by atoms with van der Waals surface area (Å²) in [5, 5.41) is 9.50. The second-order valence-electron chi connectivity index (χ2n) is 6.48. The molecule has 0 aliphatic rings. The lowest BCUT2D eigenvalue weighted by atomic mass is 10.1. The Hall–Kier alpha value is -2.93. The minimum atomic E-state index is -0.141. The van der Waals surface area contributed by atoms with Crippen LogP contribution in [0.2, 0.25) is 0 Å². The predicted molar refractivity (Wildman–Crippen MR) is 96.3 cm³/mol. The summed E-state index contributed by atoms with van der Waals surface area (Å²) in [4.78, 5) is 14.3. The molecule has 4 aromatic rings. The molecule has 0 aliphatic heterocycles. The number of aromatic nitrogens is 5. The van der Waals surface area contributed by atoms with E-state index in [4.69, 9.17) is 0 Å². The van der Waals surface area contributed by atoms with Crippen LogP contribution < -0.4 is 5.56 Å². The molecule has 0 atom stereocenters. The number of para-hydroxylation sites is 1. The Morgan fingerprint density at radius 3 is 2.68 bits per heavy atom. The van der Waals surface area contributed by atoms with Gasteiger partial charge in [0.1, 0.15) is 0 Å². The summed E-state index contributed by atoms with van der Waals surface area (Å²) in [5.41, 5.74) is 2.71. The molecule has 4 rings (SSSR count). The van der Waals surface area contributed by atoms with E-state index in [1.807, 2.05) is 13.2 Å². The van der Waals surface area contributed by atoms with Crippen LogP contribution in [0.1, 0.15) is 11.4 Å². The maximum atomic E-state index is 12.1. The summed E-state index contributed by atoms with van der Waals surface area (Å²) in [7, 11) is 5.82. The molecule has 0 fully saturated rings. The molecule has 0 radical (unpaired) electrons. The third-order valence-corrected chi connectivity index (χ3v) is 4.55. The first-order valence-electron chi connectivity index (χ1n) is 8.15. The lowest BCUT2D eigenvalue weighted by Crippen LogP contribution is -2.21. The number of rotatable bonds is 4. The average Bonchev–Trinajstić information content (AvgIpc) is 3.14. The molecule has 0 saturated carbocycles. The van der Waals surface area contributed by atoms with Crippen molar-refractivity contribution in [1.82, 2.24) is 28.6 Å². The standard InChI is InChI=1S/C18H20N6O/c1-21(10-13-11-23(3)15-7-5-4-6-14(13)15)12-16-19-20-17-18(25)22(2)8-9-24(16)17/h4-9,11H,10,12H2,1-3H3. The summed E-state index contributed by atoms with van der Waals surface area (Å²) >= 11 is 0. The number of fused-ring (bicyclic) bond motifs is 2. The van der Waals surface area contributed by atoms with Crippen LogP contribution in [-0.2, 0) is 27.2 Å². The van der Waals surface area contributed by atoms with E-state index in [-0.39, 0.29) is 5.56 Å². The maximum absolute atomic E-state index is 12.1. The second kappa shape index (κ2) is 5.86. The molecule has 3 heterocycles. The van der Waals surface area contributed by atoms with Crippen molar-refractivity contribution in [1.29, 1.82) is 0 Å². The van der Waals surface area contributed by atoms with Gasteiger partial charge in [0.15, 0.2) is 5.82 Å². The van der Waals surface area contributed by atoms with Gasteiger partial charge < -0.3 is 9.13 Å². The van der Waals surface area contributed by atoms with E-state index >= 15 is 0 Å². The molecule has 3 aromatic heterocycles. The van der Waals surface area contributed by atoms with Gasteiger partial charge >= 0.3 is 0 Å². The zero-order valence-corrected chi connectivity index (χ0v) is 14.5. The molecule has 128 valence electrons. The number of nitrogens with zero attached hydrogens (tertiary/aromatic N) is 6. The Kier molecular flexibility index (Phi) is 3.65. The summed E-state index contributed by atoms with van der Waals surface area (Å²) in [5.74, 6) is 0.760. The van der Waals surface area contributed by atoms with E-state index in [1.54, 1.807) is 17.6 Å². The molecular weight excluding hydrogens is 316 g/mol. The topological polar surface area (TPSA) is 60.4 Å². The maximum Gasteiger partial charge on any atom is 0.295 e. The number of hydrogen-bond donors (Lipinski definition) is 0. The van der Waals surface area contributed by atoms with Crippen LogP contribution in [0.15, 0.2) is 47.7 Å². The zero-order valence-electron chi connectivity index (χ0n) is 14.5. The highest BCUT2D eigenvalue weighted by Crippen LogP contribution is 2.21. The van der Waals surface area contributed by atoms with Crippen LogP contribution in [0.3, 0.4) is 0 Å². The van der Waals surface area contributed by atoms with Crippen molar-refractivity contribution in [2.75, 3.05) is 7.05 Å². The van der Waals surface area contributed by atoms with Gasteiger partial charge in [0, 0.05) is 50.1 Å². The Morgan fingerprint density at radius 1 is 1.04 bits per heavy atom. The molecule has 0 aliphatic carbocycles. The smallest absolute Gasteiger partial charge is 0.295 e. The minimum Gasteiger partial charge on any atom is -0.350 e. The van der Waals surface area contributed by atoms with Gasteiger partial charge in [-0.15, -0.1) is 10.2 Å². The first-order chi connectivity index (χ1) is 12.0. The van der Waals surface area contributed by atoms with Crippen molar-refractivity contribution in [3.63, 3.8) is 0 Å². The average molecular weight is 336 g/mol. The van der Waals surface area contributed by atoms with Crippen LogP contribution in [0.5, 0.6) is 0 Å². The fourth-order valence-corrected chi connectivity index (χ4v) is 3.27. The highest BCUT2D eigenvalue weighted by atomic mass is 16.1. The Morgan fingerprint density at radius 2 is 1.84 bits per heavy atom. The molecular formula is C18H20N6O. The normalized spacial score (nSPS) is 11.8. The largest absolute Gasteiger partial charge is 0.350 e. The van der Waals surface area contributed by atoms with Gasteiger partial charge in [0.25, 0.3) is 5.56 Å². The highest BCUT2D eigenvalue weighted by Gasteiger charge is 2.13. The third-order valence-electron chi connectivity index (χ3n) is 4.55. The van der Waals surface area contributed by atoms with E-state index in [9.17, 15) is 4.79 Å². The predicted octanol–water partition coefficient (Wildman–Crippen LogP) is 1.55. The van der Waals surface area contributed by atoms with Crippen molar-refractivity contribution < 1.29 is 0 Å². The van der Waals surface area contributed by atoms with Gasteiger partial charge in [-0.2, -0.15) is 0 Å². The molecule has 0 unspecified atom stereocenters. The van der Waals surface area contributed by atoms with Crippen molar-refractivity contribution in [2.24, 2.45) is 14.1 Å². The van der Waals surface area contributed by atoms with Gasteiger partial charge in [-0.1, -0.05) is 18.2 Å². The number of benzene rings is 1. The van der Waals surface area contributed by atoms with Crippen molar-refractivity contribution in [2.45, 2.75) is 13.1 Å². The van der Waals surface area contributed by atoms with Gasteiger partial charge in [0.05, 0.1) is 6.54 Å². The molecule has 1 aromatic carbocycles. The first kappa shape index (κ1) is 15.6. The number of hydrogen-bond acceptors (Lipinski definition) is 4. The fraction of sp³-hybridized carbons (Fsp3) is 0.278. The Labute approximate surface area is 144 Å². The van der Waals surface area contributed by atoms with Crippen LogP contribution in [0.25, 0.3) is 16.6 Å². The quantitative estimate of drug-likeness (QED) is 0.567. The number of aryl methyl sites for hydroxylation is 2. The van der Waals surface area contributed by atoms with E-state index in [2.05, 4.69) is 57.2 Å². The van der Waals surface area contributed by atoms with E-state index in [1.165, 1.54) is 21.0 Å². The van der Waals surface area contributed by atoms with Crippen LogP contribution in [0.4, 0.5) is 0 Å². The zero-order chi connectivity index (χ0) is 17.6. The van der Waals surface area contributed by atoms with Crippen molar-refractivity contribution >= 4 is 16.6 Å². The lowest BCUT2D eigenvalue weighted by Gasteiger charge is -2.15. The van der Waals surface area contributed by atoms with Crippen LogP contribution >= 0.6 is 0 Å². The highest BCUT2D eigenvalue weighted by molar-refractivity contribution is 5.83. The molecule has 0 bridgehead atoms. The third kappa shape index (κ3) is 2.62. The van der Waals surface area contributed by atoms with Crippen LogP contribution in [0, 0.1) is 0 Å². The van der Waals surface area contributed by atoms with Crippen LogP contribution in [-0.4, -0.2) is 35.7 Å². The summed E-state index contributed by atoms with van der Waals surface area (Å²) < 4.78 is 5.42. The van der Waals surface area contributed by atoms with E-state index in [0.717, 1.165) is 12.4 Å². The van der Waals surface area contributed by atoms with Crippen molar-refractivity contribution in [3.05, 3.63) is 64.6 Å². The Balaban J connectivity index is 1.61. The van der Waals surface area contributed by atoms with E-state index in [0.29, 0.717) is 12.2 Å². The van der Waals surface area contributed by atoms with Gasteiger partial charge in [0.2, 0.25) is 5.65 Å². The van der Waals surface area contributed by atoms with Gasteiger partial charge in [-0.05, 0) is 18.7 Å². The molecule has 0 amide bonds. The van der Waals surface area contributed by atoms with E-state index < -0.39 is 0 Å². The monoisotopic (exact) mass is 336 g/mol. The van der Waals surface area contributed by atoms with Gasteiger partial charge in [-0.25, -0.2) is 0 Å². The lowest BCUT2D eigenvalue weighted by molar-refractivity contribution is 0.310. The molecule has 0 N–H and O–H groups in total.